The highest BCUT2D eigenvalue weighted by Crippen LogP contribution is 2.50. The van der Waals surface area contributed by atoms with Crippen LogP contribution in [0.5, 0.6) is 0 Å². The van der Waals surface area contributed by atoms with Gasteiger partial charge in [0.2, 0.25) is 0 Å². The Hall–Kier alpha value is -1.11. The van der Waals surface area contributed by atoms with E-state index in [1.54, 1.807) is 0 Å². The Labute approximate surface area is 83.5 Å². The van der Waals surface area contributed by atoms with Gasteiger partial charge in [-0.1, -0.05) is 0 Å². The first-order valence-corrected chi connectivity index (χ1v) is 4.48. The molecular weight excluding hydrogens is 213 g/mol. The zero-order valence-corrected chi connectivity index (χ0v) is 7.67. The summed E-state index contributed by atoms with van der Waals surface area (Å²) >= 11 is 0. The van der Waals surface area contributed by atoms with Gasteiger partial charge in [0.15, 0.2) is 0 Å². The molecule has 0 saturated heterocycles. The Kier molecular flexibility index (Phi) is 2.22. The van der Waals surface area contributed by atoms with Crippen molar-refractivity contribution in [3.63, 3.8) is 0 Å². The van der Waals surface area contributed by atoms with Crippen molar-refractivity contribution >= 4 is 12.2 Å². The second kappa shape index (κ2) is 3.19. The third-order valence-corrected chi connectivity index (χ3v) is 2.72. The summed E-state index contributed by atoms with van der Waals surface area (Å²) in [5.41, 5.74) is 2.02. The fraction of sp³-hybridized carbons (Fsp3) is 0.750. The minimum Gasteiger partial charge on any atom is -0.363 e. The van der Waals surface area contributed by atoms with Crippen molar-refractivity contribution in [3.05, 3.63) is 0 Å². The molecule has 15 heavy (non-hydrogen) atoms. The van der Waals surface area contributed by atoms with Crippen molar-refractivity contribution < 1.29 is 22.8 Å². The minimum atomic E-state index is -4.96. The number of halogens is 3. The summed E-state index contributed by atoms with van der Waals surface area (Å²) in [6.07, 6.45) is -1.67. The highest BCUT2D eigenvalue weighted by Gasteiger charge is 2.52. The number of rotatable bonds is 2. The molecule has 0 aromatic rings. The van der Waals surface area contributed by atoms with Gasteiger partial charge in [-0.25, -0.2) is 4.79 Å². The number of carbonyl (C=O) groups excluding carboxylic acids is 1. The first-order valence-electron chi connectivity index (χ1n) is 4.48. The van der Waals surface area contributed by atoms with E-state index in [1.807, 2.05) is 0 Å². The second-order valence-electron chi connectivity index (χ2n) is 3.83. The number of alkyl halides is 3. The second-order valence-corrected chi connectivity index (χ2v) is 3.83. The molecule has 1 N–H and O–H groups in total. The van der Waals surface area contributed by atoms with Gasteiger partial charge in [0, 0.05) is 18.2 Å². The Morgan fingerprint density at radius 3 is 2.73 bits per heavy atom. The van der Waals surface area contributed by atoms with E-state index in [1.165, 1.54) is 6.21 Å². The molecule has 1 heterocycles. The molecule has 0 radical (unpaired) electrons. The summed E-state index contributed by atoms with van der Waals surface area (Å²) in [7, 11) is 0. The van der Waals surface area contributed by atoms with Crippen LogP contribution in [0.3, 0.4) is 0 Å². The summed E-state index contributed by atoms with van der Waals surface area (Å²) < 4.78 is 35.3. The number of aliphatic imine (C=N–C) groups is 1. The molecule has 2 rings (SSSR count). The summed E-state index contributed by atoms with van der Waals surface area (Å²) in [4.78, 5) is 18.3. The molecule has 0 amide bonds. The SMILES string of the molecule is O=C(ONC1C=NCC12CC2)C(F)(F)F. The van der Waals surface area contributed by atoms with E-state index < -0.39 is 12.1 Å². The molecule has 0 aromatic carbocycles. The molecule has 1 unspecified atom stereocenters. The van der Waals surface area contributed by atoms with Crippen molar-refractivity contribution in [2.24, 2.45) is 10.4 Å². The molecule has 4 nitrogen and oxygen atoms in total. The Bertz CT molecular complexity index is 309. The maximum absolute atomic E-state index is 11.8. The van der Waals surface area contributed by atoms with Gasteiger partial charge in [0.1, 0.15) is 0 Å². The predicted molar refractivity (Wildman–Crippen MR) is 44.1 cm³/mol. The van der Waals surface area contributed by atoms with Crippen molar-refractivity contribution in [1.82, 2.24) is 5.48 Å². The van der Waals surface area contributed by atoms with Crippen LogP contribution in [0.15, 0.2) is 4.99 Å². The Balaban J connectivity index is 1.84. The van der Waals surface area contributed by atoms with Crippen molar-refractivity contribution in [1.29, 1.82) is 0 Å². The first kappa shape index (κ1) is 10.4. The third-order valence-electron chi connectivity index (χ3n) is 2.72. The summed E-state index contributed by atoms with van der Waals surface area (Å²) in [6, 6.07) is -0.385. The van der Waals surface area contributed by atoms with Gasteiger partial charge in [0.05, 0.1) is 6.04 Å². The van der Waals surface area contributed by atoms with Gasteiger partial charge in [-0.2, -0.15) is 13.2 Å². The third kappa shape index (κ3) is 1.97. The maximum atomic E-state index is 11.8. The number of hydrogen-bond donors (Lipinski definition) is 1. The zero-order chi connectivity index (χ0) is 11.1. The summed E-state index contributed by atoms with van der Waals surface area (Å²) in [6.45, 7) is 0.592. The van der Waals surface area contributed by atoms with Crippen molar-refractivity contribution in [3.8, 4) is 0 Å². The van der Waals surface area contributed by atoms with E-state index in [9.17, 15) is 18.0 Å². The van der Waals surface area contributed by atoms with Crippen molar-refractivity contribution in [2.75, 3.05) is 6.54 Å². The van der Waals surface area contributed by atoms with Crippen LogP contribution in [0.2, 0.25) is 0 Å². The van der Waals surface area contributed by atoms with Gasteiger partial charge in [-0.05, 0) is 12.8 Å². The molecule has 1 saturated carbocycles. The van der Waals surface area contributed by atoms with E-state index in [0.29, 0.717) is 6.54 Å². The molecule has 1 fully saturated rings. The number of hydrogen-bond acceptors (Lipinski definition) is 4. The van der Waals surface area contributed by atoms with E-state index in [4.69, 9.17) is 0 Å². The topological polar surface area (TPSA) is 50.7 Å². The average molecular weight is 222 g/mol. The predicted octanol–water partition coefficient (Wildman–Crippen LogP) is 0.830. The van der Waals surface area contributed by atoms with Crippen LogP contribution in [0.4, 0.5) is 13.2 Å². The quantitative estimate of drug-likeness (QED) is 0.704. The molecule has 1 spiro atoms. The maximum Gasteiger partial charge on any atom is 0.492 e. The van der Waals surface area contributed by atoms with Gasteiger partial charge >= 0.3 is 12.1 Å². The molecule has 1 aliphatic carbocycles. The van der Waals surface area contributed by atoms with Crippen LogP contribution in [-0.4, -0.2) is 30.9 Å². The highest BCUT2D eigenvalue weighted by molar-refractivity contribution is 5.76. The number of nitrogens with zero attached hydrogens (tertiary/aromatic N) is 1. The van der Waals surface area contributed by atoms with Crippen LogP contribution in [-0.2, 0) is 9.63 Å². The number of carbonyl (C=O) groups is 1. The van der Waals surface area contributed by atoms with Gasteiger partial charge < -0.3 is 4.84 Å². The zero-order valence-electron chi connectivity index (χ0n) is 7.67. The molecule has 84 valence electrons. The molecule has 0 aromatic heterocycles. The molecule has 1 aliphatic heterocycles. The fourth-order valence-corrected chi connectivity index (χ4v) is 1.56. The molecule has 2 aliphatic rings. The summed E-state index contributed by atoms with van der Waals surface area (Å²) in [5.74, 6) is -2.22. The lowest BCUT2D eigenvalue weighted by Gasteiger charge is -2.17. The van der Waals surface area contributed by atoms with E-state index >= 15 is 0 Å². The van der Waals surface area contributed by atoms with E-state index in [-0.39, 0.29) is 11.5 Å². The number of hydroxylamine groups is 1. The Morgan fingerprint density at radius 2 is 2.20 bits per heavy atom. The normalized spacial score (nSPS) is 27.0. The molecule has 0 bridgehead atoms. The molecule has 1 atom stereocenters. The van der Waals surface area contributed by atoms with Crippen molar-refractivity contribution in [2.45, 2.75) is 25.1 Å². The van der Waals surface area contributed by atoms with Crippen LogP contribution in [0.25, 0.3) is 0 Å². The molecule has 7 heteroatoms. The van der Waals surface area contributed by atoms with Crippen LogP contribution in [0, 0.1) is 5.41 Å². The molecular formula is C8H9F3N2O2. The highest BCUT2D eigenvalue weighted by atomic mass is 19.4. The smallest absolute Gasteiger partial charge is 0.363 e. The lowest BCUT2D eigenvalue weighted by Crippen LogP contribution is -2.41. The minimum absolute atomic E-state index is 0.105. The number of nitrogens with one attached hydrogen (secondary N) is 1. The fourth-order valence-electron chi connectivity index (χ4n) is 1.56. The monoisotopic (exact) mass is 222 g/mol. The largest absolute Gasteiger partial charge is 0.492 e. The lowest BCUT2D eigenvalue weighted by atomic mass is 10.0. The average Bonchev–Trinajstić information content (AvgIpc) is 2.76. The van der Waals surface area contributed by atoms with Gasteiger partial charge in [-0.3, -0.25) is 4.99 Å². The van der Waals surface area contributed by atoms with Gasteiger partial charge in [-0.15, -0.1) is 5.48 Å². The van der Waals surface area contributed by atoms with E-state index in [0.717, 1.165) is 12.8 Å². The van der Waals surface area contributed by atoms with E-state index in [2.05, 4.69) is 15.3 Å². The standard InChI is InChI=1S/C8H9F3N2O2/c9-8(10,11)6(14)15-13-5-3-12-4-7(5)1-2-7/h3,5,13H,1-2,4H2. The van der Waals surface area contributed by atoms with Crippen LogP contribution >= 0.6 is 0 Å². The first-order chi connectivity index (χ1) is 6.94. The summed E-state index contributed by atoms with van der Waals surface area (Å²) in [5, 5.41) is 0. The van der Waals surface area contributed by atoms with Gasteiger partial charge in [0.25, 0.3) is 0 Å². The van der Waals surface area contributed by atoms with Crippen LogP contribution in [0.1, 0.15) is 12.8 Å². The lowest BCUT2D eigenvalue weighted by molar-refractivity contribution is -0.208. The van der Waals surface area contributed by atoms with Crippen LogP contribution < -0.4 is 5.48 Å². The Morgan fingerprint density at radius 1 is 1.53 bits per heavy atom.